The molecule has 4 atom stereocenters. The van der Waals surface area contributed by atoms with E-state index in [1.807, 2.05) is 19.9 Å². The van der Waals surface area contributed by atoms with Crippen molar-refractivity contribution in [3.63, 3.8) is 0 Å². The van der Waals surface area contributed by atoms with E-state index in [1.165, 1.54) is 29.6 Å². The maximum Gasteiger partial charge on any atom is 0.158 e. The normalized spacial score (nSPS) is 22.9. The van der Waals surface area contributed by atoms with Crippen LogP contribution in [0.25, 0.3) is 0 Å². The molecule has 0 saturated carbocycles. The molecule has 1 aromatic heterocycles. The highest BCUT2D eigenvalue weighted by molar-refractivity contribution is 7.99. The molecule has 1 aliphatic carbocycles. The van der Waals surface area contributed by atoms with Gasteiger partial charge in [0.2, 0.25) is 0 Å². The van der Waals surface area contributed by atoms with Crippen molar-refractivity contribution in [3.8, 4) is 0 Å². The third-order valence-corrected chi connectivity index (χ3v) is 12.3. The summed E-state index contributed by atoms with van der Waals surface area (Å²) in [5, 5.41) is 6.57. The lowest BCUT2D eigenvalue weighted by Gasteiger charge is -2.47. The Morgan fingerprint density at radius 1 is 1.32 bits per heavy atom. The van der Waals surface area contributed by atoms with Crippen LogP contribution in [0.3, 0.4) is 0 Å². The number of halogens is 2. The smallest absolute Gasteiger partial charge is 0.158 e. The van der Waals surface area contributed by atoms with E-state index < -0.39 is 25.8 Å². The second-order valence-corrected chi connectivity index (χ2v) is 17.0. The van der Waals surface area contributed by atoms with Gasteiger partial charge >= 0.3 is 0 Å². The number of rotatable bonds is 7. The second kappa shape index (κ2) is 11.2. The van der Waals surface area contributed by atoms with Gasteiger partial charge in [-0.1, -0.05) is 35.5 Å². The van der Waals surface area contributed by atoms with E-state index in [9.17, 15) is 13.2 Å². The van der Waals surface area contributed by atoms with Gasteiger partial charge in [0.25, 0.3) is 0 Å². The van der Waals surface area contributed by atoms with Gasteiger partial charge in [-0.3, -0.25) is 0 Å². The minimum Gasteiger partial charge on any atom is -0.598 e. The summed E-state index contributed by atoms with van der Waals surface area (Å²) in [4.78, 5) is 12.3. The van der Waals surface area contributed by atoms with Crippen LogP contribution in [0, 0.1) is 16.0 Å². The van der Waals surface area contributed by atoms with Crippen molar-refractivity contribution in [3.05, 3.63) is 64.6 Å². The SMILES string of the molecule is CC(C)(CC1CC2(CCN1c1cnc(Sc3cccc(S(C)(=N)=O)c3Cl)c(N)n1)Cc1ccc(F)cc1C2)[S@+](N)[O-]. The maximum absolute atomic E-state index is 14.0. The molecule has 3 aromatic rings. The molecule has 220 valence electrons. The molecule has 3 unspecified atom stereocenters. The number of hydrogen-bond donors (Lipinski definition) is 3. The number of nitrogens with one attached hydrogen (secondary N) is 1. The molecule has 2 aliphatic rings. The number of nitrogens with two attached hydrogens (primary N) is 2. The van der Waals surface area contributed by atoms with Crippen molar-refractivity contribution >= 4 is 56.1 Å². The molecule has 0 radical (unpaired) electrons. The van der Waals surface area contributed by atoms with Crippen LogP contribution in [-0.4, -0.2) is 42.3 Å². The molecule has 1 saturated heterocycles. The van der Waals surface area contributed by atoms with Crippen LogP contribution in [0.15, 0.2) is 57.4 Å². The van der Waals surface area contributed by atoms with Crippen LogP contribution in [0.2, 0.25) is 5.02 Å². The Morgan fingerprint density at radius 2 is 2.05 bits per heavy atom. The largest absolute Gasteiger partial charge is 0.598 e. The zero-order chi connectivity index (χ0) is 29.7. The molecular formula is C28H34ClFN6O2S3. The monoisotopic (exact) mass is 636 g/mol. The molecule has 1 aliphatic heterocycles. The van der Waals surface area contributed by atoms with Crippen molar-refractivity contribution in [2.24, 2.45) is 10.6 Å². The van der Waals surface area contributed by atoms with Crippen LogP contribution in [0.5, 0.6) is 0 Å². The highest BCUT2D eigenvalue weighted by atomic mass is 35.5. The zero-order valence-electron chi connectivity index (χ0n) is 23.2. The third-order valence-electron chi connectivity index (χ3n) is 8.16. The van der Waals surface area contributed by atoms with Gasteiger partial charge in [-0.05, 0) is 80.3 Å². The summed E-state index contributed by atoms with van der Waals surface area (Å²) in [6.45, 7) is 4.51. The van der Waals surface area contributed by atoms with E-state index in [-0.39, 0.29) is 33.0 Å². The fraction of sp³-hybridized carbons (Fsp3) is 0.429. The quantitative estimate of drug-likeness (QED) is 0.285. The Hall–Kier alpha value is -2.09. The third kappa shape index (κ3) is 6.33. The fourth-order valence-electron chi connectivity index (χ4n) is 6.08. The summed E-state index contributed by atoms with van der Waals surface area (Å²) < 4.78 is 46.0. The van der Waals surface area contributed by atoms with Crippen LogP contribution in [0.1, 0.15) is 44.2 Å². The van der Waals surface area contributed by atoms with Crippen molar-refractivity contribution in [2.45, 2.75) is 71.6 Å². The van der Waals surface area contributed by atoms with Crippen molar-refractivity contribution < 1.29 is 13.2 Å². The van der Waals surface area contributed by atoms with Gasteiger partial charge in [-0.2, -0.15) is 5.14 Å². The van der Waals surface area contributed by atoms with Gasteiger partial charge in [0.1, 0.15) is 21.4 Å². The molecule has 0 bridgehead atoms. The van der Waals surface area contributed by atoms with Gasteiger partial charge in [0, 0.05) is 41.5 Å². The van der Waals surface area contributed by atoms with Crippen molar-refractivity contribution in [2.75, 3.05) is 23.4 Å². The van der Waals surface area contributed by atoms with Crippen LogP contribution < -0.4 is 15.8 Å². The Labute approximate surface area is 253 Å². The summed E-state index contributed by atoms with van der Waals surface area (Å²) in [5.41, 5.74) is 8.64. The molecule has 5 rings (SSSR count). The average molecular weight is 637 g/mol. The van der Waals surface area contributed by atoms with E-state index >= 15 is 0 Å². The Balaban J connectivity index is 1.42. The van der Waals surface area contributed by atoms with Gasteiger partial charge in [0.05, 0.1) is 25.8 Å². The Kier molecular flexibility index (Phi) is 8.30. The maximum atomic E-state index is 14.0. The molecular weight excluding hydrogens is 603 g/mol. The molecule has 2 heterocycles. The number of benzene rings is 2. The number of anilines is 2. The minimum absolute atomic E-state index is 0.0180. The summed E-state index contributed by atoms with van der Waals surface area (Å²) in [6.07, 6.45) is 6.97. The van der Waals surface area contributed by atoms with E-state index in [0.29, 0.717) is 28.7 Å². The van der Waals surface area contributed by atoms with Crippen molar-refractivity contribution in [1.29, 1.82) is 4.78 Å². The lowest BCUT2D eigenvalue weighted by Crippen LogP contribution is -2.52. The van der Waals surface area contributed by atoms with E-state index in [4.69, 9.17) is 32.2 Å². The lowest BCUT2D eigenvalue weighted by atomic mass is 9.71. The first-order valence-electron chi connectivity index (χ1n) is 13.2. The predicted molar refractivity (Wildman–Crippen MR) is 165 cm³/mol. The predicted octanol–water partition coefficient (Wildman–Crippen LogP) is 5.58. The summed E-state index contributed by atoms with van der Waals surface area (Å²) in [5.74, 6) is 0.630. The first-order valence-corrected chi connectivity index (χ1v) is 17.6. The topological polar surface area (TPSA) is 145 Å². The summed E-state index contributed by atoms with van der Waals surface area (Å²) in [6, 6.07) is 10.1. The molecule has 1 fully saturated rings. The van der Waals surface area contributed by atoms with Gasteiger partial charge < -0.3 is 15.2 Å². The van der Waals surface area contributed by atoms with Crippen LogP contribution >= 0.6 is 23.4 Å². The summed E-state index contributed by atoms with van der Waals surface area (Å²) in [7, 11) is -3.00. The van der Waals surface area contributed by atoms with E-state index in [0.717, 1.165) is 31.2 Å². The molecule has 41 heavy (non-hydrogen) atoms. The molecule has 0 amide bonds. The van der Waals surface area contributed by atoms with Gasteiger partial charge in [-0.25, -0.2) is 23.3 Å². The number of piperidine rings is 1. The number of hydrogen-bond acceptors (Lipinski definition) is 9. The molecule has 2 aromatic carbocycles. The van der Waals surface area contributed by atoms with E-state index in [2.05, 4.69) is 9.88 Å². The van der Waals surface area contributed by atoms with Crippen molar-refractivity contribution in [1.82, 2.24) is 9.97 Å². The Bertz CT molecular complexity index is 1590. The fourth-order valence-corrected chi connectivity index (χ4v) is 8.79. The molecule has 1 spiro atoms. The van der Waals surface area contributed by atoms with Crippen LogP contribution in [-0.2, 0) is 33.9 Å². The summed E-state index contributed by atoms with van der Waals surface area (Å²) >= 11 is 6.16. The first kappa shape index (κ1) is 30.4. The van der Waals surface area contributed by atoms with Gasteiger partial charge in [-0.15, -0.1) is 0 Å². The standard InChI is InChI=1S/C28H34ClFN6O2S3/c1-27(2,40(32)37)14-20-15-28(12-17-7-8-19(30)11-18(17)13-28)9-10-36(20)23-16-34-26(25(31)35-23)39-21-5-4-6-22(24(21)29)41(3,33)38/h4-8,11,16,20,33H,9-10,12-15,32H2,1-3H3,(H2,31,35)/t20?,28?,40-,41?/m1/s1. The highest BCUT2D eigenvalue weighted by Gasteiger charge is 2.47. The average Bonchev–Trinajstić information content (AvgIpc) is 3.21. The first-order chi connectivity index (χ1) is 19.2. The van der Waals surface area contributed by atoms with Crippen LogP contribution in [0.4, 0.5) is 16.0 Å². The van der Waals surface area contributed by atoms with E-state index in [1.54, 1.807) is 30.5 Å². The molecule has 8 nitrogen and oxygen atoms in total. The lowest BCUT2D eigenvalue weighted by molar-refractivity contribution is 0.186. The number of aromatic nitrogens is 2. The second-order valence-electron chi connectivity index (χ2n) is 11.8. The molecule has 13 heteroatoms. The van der Waals surface area contributed by atoms with Gasteiger partial charge in [0.15, 0.2) is 5.82 Å². The highest BCUT2D eigenvalue weighted by Crippen LogP contribution is 2.49. The number of nitrogens with zero attached hydrogens (tertiary/aromatic N) is 3. The minimum atomic E-state index is -3.00. The number of fused-ring (bicyclic) bond motifs is 1. The Morgan fingerprint density at radius 3 is 2.73 bits per heavy atom. The number of nitrogen functional groups attached to an aromatic ring is 1. The zero-order valence-corrected chi connectivity index (χ0v) is 26.4. The molecule has 5 N–H and O–H groups in total.